The smallest absolute Gasteiger partial charge is 0.252 e. The normalized spacial score (nSPS) is 22.6. The quantitative estimate of drug-likeness (QED) is 0.880. The van der Waals surface area contributed by atoms with Gasteiger partial charge in [0.15, 0.2) is 0 Å². The van der Waals surface area contributed by atoms with Crippen LogP contribution < -0.4 is 5.32 Å². The molecule has 2 atom stereocenters. The highest BCUT2D eigenvalue weighted by molar-refractivity contribution is 6.06. The van der Waals surface area contributed by atoms with E-state index in [1.807, 2.05) is 24.3 Å². The Morgan fingerprint density at radius 2 is 2.00 bits per heavy atom. The van der Waals surface area contributed by atoms with Crippen molar-refractivity contribution in [3.05, 3.63) is 42.1 Å². The zero-order valence-electron chi connectivity index (χ0n) is 11.2. The molecule has 4 nitrogen and oxygen atoms in total. The first kappa shape index (κ1) is 13.1. The molecule has 0 bridgehead atoms. The summed E-state index contributed by atoms with van der Waals surface area (Å²) in [6, 6.07) is 9.18. The van der Waals surface area contributed by atoms with Crippen LogP contribution in [0.3, 0.4) is 0 Å². The van der Waals surface area contributed by atoms with Crippen molar-refractivity contribution < 1.29 is 9.90 Å². The molecule has 1 amide bonds. The lowest BCUT2D eigenvalue weighted by Gasteiger charge is -2.28. The van der Waals surface area contributed by atoms with Crippen LogP contribution in [0.15, 0.2) is 36.5 Å². The molecule has 1 aromatic carbocycles. The molecule has 1 aliphatic rings. The Morgan fingerprint density at radius 1 is 1.20 bits per heavy atom. The molecule has 0 aliphatic heterocycles. The summed E-state index contributed by atoms with van der Waals surface area (Å²) < 4.78 is 0. The van der Waals surface area contributed by atoms with E-state index in [1.54, 1.807) is 12.3 Å². The molecule has 0 saturated heterocycles. The van der Waals surface area contributed by atoms with Crippen molar-refractivity contribution in [1.82, 2.24) is 10.3 Å². The van der Waals surface area contributed by atoms with E-state index in [2.05, 4.69) is 10.3 Å². The predicted octanol–water partition coefficient (Wildman–Crippen LogP) is 2.27. The molecule has 2 aromatic rings. The fourth-order valence-electron chi connectivity index (χ4n) is 2.82. The lowest BCUT2D eigenvalue weighted by atomic mass is 9.92. The second-order valence-electron chi connectivity index (χ2n) is 5.31. The molecule has 3 rings (SSSR count). The molecule has 20 heavy (non-hydrogen) atoms. The Bertz CT molecular complexity index is 621. The number of nitrogens with zero attached hydrogens (tertiary/aromatic N) is 1. The number of aromatic nitrogens is 1. The number of pyridine rings is 1. The minimum atomic E-state index is -0.430. The lowest BCUT2D eigenvalue weighted by Crippen LogP contribution is -2.45. The third kappa shape index (κ3) is 2.51. The van der Waals surface area contributed by atoms with Gasteiger partial charge in [0, 0.05) is 11.6 Å². The summed E-state index contributed by atoms with van der Waals surface area (Å²) in [4.78, 5) is 16.7. The highest BCUT2D eigenvalue weighted by Crippen LogP contribution is 2.20. The van der Waals surface area contributed by atoms with Gasteiger partial charge < -0.3 is 10.4 Å². The number of benzene rings is 1. The van der Waals surface area contributed by atoms with Gasteiger partial charge in [0.2, 0.25) is 0 Å². The maximum absolute atomic E-state index is 12.4. The van der Waals surface area contributed by atoms with Gasteiger partial charge in [-0.1, -0.05) is 31.0 Å². The summed E-state index contributed by atoms with van der Waals surface area (Å²) in [7, 11) is 0. The summed E-state index contributed by atoms with van der Waals surface area (Å²) >= 11 is 0. The Balaban J connectivity index is 1.85. The maximum Gasteiger partial charge on any atom is 0.252 e. The van der Waals surface area contributed by atoms with Crippen molar-refractivity contribution in [3.63, 3.8) is 0 Å². The number of nitrogens with one attached hydrogen (secondary N) is 1. The lowest BCUT2D eigenvalue weighted by molar-refractivity contribution is 0.0718. The minimum Gasteiger partial charge on any atom is -0.391 e. The second-order valence-corrected chi connectivity index (χ2v) is 5.31. The number of carbonyl (C=O) groups is 1. The summed E-state index contributed by atoms with van der Waals surface area (Å²) in [5.74, 6) is -0.130. The molecule has 1 aliphatic carbocycles. The van der Waals surface area contributed by atoms with Gasteiger partial charge in [-0.15, -0.1) is 0 Å². The largest absolute Gasteiger partial charge is 0.391 e. The van der Waals surface area contributed by atoms with Crippen molar-refractivity contribution in [1.29, 1.82) is 0 Å². The number of hydrogen-bond acceptors (Lipinski definition) is 3. The highest BCUT2D eigenvalue weighted by atomic mass is 16.3. The summed E-state index contributed by atoms with van der Waals surface area (Å²) in [6.45, 7) is 0. The number of carbonyl (C=O) groups excluding carboxylic acids is 1. The van der Waals surface area contributed by atoms with Crippen LogP contribution in [0, 0.1) is 0 Å². The van der Waals surface area contributed by atoms with E-state index in [4.69, 9.17) is 0 Å². The van der Waals surface area contributed by atoms with Crippen LogP contribution in [0.1, 0.15) is 36.0 Å². The average Bonchev–Trinajstić information content (AvgIpc) is 2.49. The van der Waals surface area contributed by atoms with Gasteiger partial charge in [-0.05, 0) is 25.0 Å². The SMILES string of the molecule is O=C(NC1CCCCC1O)c1ccnc2ccccc12. The molecule has 2 N–H and O–H groups in total. The number of hydrogen-bond donors (Lipinski definition) is 2. The number of amides is 1. The Kier molecular flexibility index (Phi) is 3.65. The topological polar surface area (TPSA) is 62.2 Å². The van der Waals surface area contributed by atoms with Crippen molar-refractivity contribution in [2.75, 3.05) is 0 Å². The van der Waals surface area contributed by atoms with Crippen LogP contribution in [0.25, 0.3) is 10.9 Å². The Hall–Kier alpha value is -1.94. The Labute approximate surface area is 117 Å². The number of para-hydroxylation sites is 1. The van der Waals surface area contributed by atoms with Crippen LogP contribution in [0.2, 0.25) is 0 Å². The van der Waals surface area contributed by atoms with Gasteiger partial charge in [0.25, 0.3) is 5.91 Å². The molecule has 2 unspecified atom stereocenters. The van der Waals surface area contributed by atoms with Crippen LogP contribution in [0.5, 0.6) is 0 Å². The molecule has 1 aromatic heterocycles. The van der Waals surface area contributed by atoms with Crippen molar-refractivity contribution in [2.45, 2.75) is 37.8 Å². The number of fused-ring (bicyclic) bond motifs is 1. The molecule has 1 saturated carbocycles. The Morgan fingerprint density at radius 3 is 2.85 bits per heavy atom. The zero-order valence-corrected chi connectivity index (χ0v) is 11.2. The van der Waals surface area contributed by atoms with Gasteiger partial charge in [-0.3, -0.25) is 9.78 Å². The van der Waals surface area contributed by atoms with Crippen LogP contribution in [-0.2, 0) is 0 Å². The zero-order chi connectivity index (χ0) is 13.9. The van der Waals surface area contributed by atoms with Crippen molar-refractivity contribution >= 4 is 16.8 Å². The minimum absolute atomic E-state index is 0.130. The van der Waals surface area contributed by atoms with E-state index in [0.29, 0.717) is 5.56 Å². The van der Waals surface area contributed by atoms with E-state index in [9.17, 15) is 9.90 Å². The first-order chi connectivity index (χ1) is 9.75. The first-order valence-electron chi connectivity index (χ1n) is 7.08. The molecular weight excluding hydrogens is 252 g/mol. The van der Waals surface area contributed by atoms with Gasteiger partial charge >= 0.3 is 0 Å². The van der Waals surface area contributed by atoms with Crippen molar-refractivity contribution in [3.8, 4) is 0 Å². The van der Waals surface area contributed by atoms with E-state index < -0.39 is 6.10 Å². The van der Waals surface area contributed by atoms with E-state index in [-0.39, 0.29) is 11.9 Å². The number of aliphatic hydroxyl groups is 1. The number of aliphatic hydroxyl groups excluding tert-OH is 1. The summed E-state index contributed by atoms with van der Waals surface area (Å²) in [5.41, 5.74) is 1.43. The third-order valence-electron chi connectivity index (χ3n) is 3.94. The van der Waals surface area contributed by atoms with E-state index in [0.717, 1.165) is 36.6 Å². The molecule has 104 valence electrons. The van der Waals surface area contributed by atoms with Crippen LogP contribution in [0.4, 0.5) is 0 Å². The molecule has 4 heteroatoms. The second kappa shape index (κ2) is 5.59. The van der Waals surface area contributed by atoms with Crippen LogP contribution in [-0.4, -0.2) is 28.1 Å². The predicted molar refractivity (Wildman–Crippen MR) is 77.5 cm³/mol. The van der Waals surface area contributed by atoms with Gasteiger partial charge in [0.1, 0.15) is 0 Å². The standard InChI is InChI=1S/C16H18N2O2/c19-15-8-4-3-7-14(15)18-16(20)12-9-10-17-13-6-2-1-5-11(12)13/h1-2,5-6,9-10,14-15,19H,3-4,7-8H2,(H,18,20). The fourth-order valence-corrected chi connectivity index (χ4v) is 2.82. The summed E-state index contributed by atoms with van der Waals surface area (Å²) in [5, 5.41) is 13.8. The molecule has 0 spiro atoms. The first-order valence-corrected chi connectivity index (χ1v) is 7.08. The summed E-state index contributed by atoms with van der Waals surface area (Å²) in [6.07, 6.45) is 4.91. The van der Waals surface area contributed by atoms with E-state index in [1.165, 1.54) is 0 Å². The van der Waals surface area contributed by atoms with Crippen LogP contribution >= 0.6 is 0 Å². The average molecular weight is 270 g/mol. The third-order valence-corrected chi connectivity index (χ3v) is 3.94. The fraction of sp³-hybridized carbons (Fsp3) is 0.375. The van der Waals surface area contributed by atoms with Crippen molar-refractivity contribution in [2.24, 2.45) is 0 Å². The van der Waals surface area contributed by atoms with Gasteiger partial charge in [-0.2, -0.15) is 0 Å². The van der Waals surface area contributed by atoms with Gasteiger partial charge in [-0.25, -0.2) is 0 Å². The monoisotopic (exact) mass is 270 g/mol. The number of rotatable bonds is 2. The highest BCUT2D eigenvalue weighted by Gasteiger charge is 2.25. The van der Waals surface area contributed by atoms with Gasteiger partial charge in [0.05, 0.1) is 23.2 Å². The molecular formula is C16H18N2O2. The molecule has 0 radical (unpaired) electrons. The van der Waals surface area contributed by atoms with E-state index >= 15 is 0 Å². The maximum atomic E-state index is 12.4. The molecule has 1 heterocycles. The molecule has 1 fully saturated rings.